The SMILES string of the molecule is COC1CC(CCC(CC(CCCCCCC2CCCCC2)OC(C)=O)OC(C)=O)C(C2CC[NH2+]C(N)C2)CC1O. The van der Waals surface area contributed by atoms with E-state index in [1.165, 1.54) is 65.2 Å². The lowest BCUT2D eigenvalue weighted by Crippen LogP contribution is -2.94. The number of nitrogens with two attached hydrogens (primary N) is 2. The van der Waals surface area contributed by atoms with Gasteiger partial charge in [-0.15, -0.1) is 0 Å². The van der Waals surface area contributed by atoms with Crippen LogP contribution >= 0.6 is 0 Å². The summed E-state index contributed by atoms with van der Waals surface area (Å²) in [6.45, 7) is 3.95. The van der Waals surface area contributed by atoms with Gasteiger partial charge >= 0.3 is 11.9 Å². The van der Waals surface area contributed by atoms with Gasteiger partial charge < -0.3 is 24.6 Å². The number of rotatable bonds is 16. The first-order valence-electron chi connectivity index (χ1n) is 16.9. The molecule has 0 radical (unpaired) electrons. The van der Waals surface area contributed by atoms with Crippen LogP contribution < -0.4 is 11.1 Å². The van der Waals surface area contributed by atoms with Crippen molar-refractivity contribution in [1.29, 1.82) is 0 Å². The number of ether oxygens (including phenoxy) is 3. The van der Waals surface area contributed by atoms with Crippen LogP contribution in [0.15, 0.2) is 0 Å². The summed E-state index contributed by atoms with van der Waals surface area (Å²) in [6, 6.07) is 0. The maximum absolute atomic E-state index is 12.1. The van der Waals surface area contributed by atoms with Crippen LogP contribution in [0, 0.1) is 23.7 Å². The molecule has 3 rings (SSSR count). The summed E-state index contributed by atoms with van der Waals surface area (Å²) in [6.07, 6.45) is 18.6. The molecule has 3 aliphatic rings. The van der Waals surface area contributed by atoms with E-state index in [4.69, 9.17) is 19.9 Å². The second kappa shape index (κ2) is 18.4. The Hall–Kier alpha value is -1.22. The van der Waals surface area contributed by atoms with E-state index in [0.717, 1.165) is 70.3 Å². The van der Waals surface area contributed by atoms with Crippen molar-refractivity contribution in [3.63, 3.8) is 0 Å². The highest BCUT2D eigenvalue weighted by Gasteiger charge is 2.42. The summed E-state index contributed by atoms with van der Waals surface area (Å²) in [4.78, 5) is 24.0. The molecule has 1 saturated heterocycles. The fourth-order valence-electron chi connectivity index (χ4n) is 8.14. The van der Waals surface area contributed by atoms with Gasteiger partial charge in [0.15, 0.2) is 0 Å². The van der Waals surface area contributed by atoms with Crippen LogP contribution in [0.4, 0.5) is 0 Å². The highest BCUT2D eigenvalue weighted by molar-refractivity contribution is 5.66. The van der Waals surface area contributed by atoms with Crippen molar-refractivity contribution in [3.8, 4) is 0 Å². The Balaban J connectivity index is 1.53. The molecule has 0 amide bonds. The molecule has 238 valence electrons. The molecule has 1 aliphatic heterocycles. The number of hydrogen-bond acceptors (Lipinski definition) is 7. The Labute approximate surface area is 249 Å². The Morgan fingerprint density at radius 3 is 2.22 bits per heavy atom. The van der Waals surface area contributed by atoms with Crippen LogP contribution in [0.25, 0.3) is 0 Å². The minimum atomic E-state index is -0.455. The van der Waals surface area contributed by atoms with E-state index in [-0.39, 0.29) is 36.4 Å². The zero-order valence-electron chi connectivity index (χ0n) is 26.3. The number of aliphatic hydroxyl groups is 1. The molecule has 8 unspecified atom stereocenters. The van der Waals surface area contributed by atoms with Gasteiger partial charge in [0.2, 0.25) is 0 Å². The van der Waals surface area contributed by atoms with E-state index in [2.05, 4.69) is 5.32 Å². The van der Waals surface area contributed by atoms with Gasteiger partial charge in [-0.1, -0.05) is 57.8 Å². The van der Waals surface area contributed by atoms with E-state index in [1.807, 2.05) is 0 Å². The van der Waals surface area contributed by atoms with Crippen molar-refractivity contribution in [2.75, 3.05) is 13.7 Å². The number of piperidine rings is 1. The third kappa shape index (κ3) is 12.5. The zero-order chi connectivity index (χ0) is 29.6. The molecule has 5 N–H and O–H groups in total. The largest absolute Gasteiger partial charge is 0.462 e. The van der Waals surface area contributed by atoms with E-state index >= 15 is 0 Å². The number of methoxy groups -OCH3 is 1. The molecular formula is C33H61N2O6+. The average molecular weight is 582 g/mol. The fourth-order valence-corrected chi connectivity index (χ4v) is 8.14. The lowest BCUT2D eigenvalue weighted by Gasteiger charge is -2.44. The van der Waals surface area contributed by atoms with E-state index in [0.29, 0.717) is 24.2 Å². The maximum Gasteiger partial charge on any atom is 0.302 e. The number of unbranched alkanes of at least 4 members (excludes halogenated alkanes) is 3. The highest BCUT2D eigenvalue weighted by atomic mass is 16.6. The van der Waals surface area contributed by atoms with Gasteiger partial charge in [-0.25, -0.2) is 0 Å². The molecule has 3 fully saturated rings. The second-order valence-corrected chi connectivity index (χ2v) is 13.5. The predicted octanol–water partition coefficient (Wildman–Crippen LogP) is 4.60. The van der Waals surface area contributed by atoms with Crippen LogP contribution in [0.5, 0.6) is 0 Å². The summed E-state index contributed by atoms with van der Waals surface area (Å²) in [7, 11) is 1.68. The number of aliphatic hydroxyl groups excluding tert-OH is 1. The molecule has 2 aliphatic carbocycles. The summed E-state index contributed by atoms with van der Waals surface area (Å²) < 4.78 is 17.2. The summed E-state index contributed by atoms with van der Waals surface area (Å²) in [5.41, 5.74) is 6.30. The Morgan fingerprint density at radius 2 is 1.56 bits per heavy atom. The third-order valence-corrected chi connectivity index (χ3v) is 10.2. The monoisotopic (exact) mass is 581 g/mol. The van der Waals surface area contributed by atoms with E-state index in [9.17, 15) is 14.7 Å². The second-order valence-electron chi connectivity index (χ2n) is 13.5. The minimum Gasteiger partial charge on any atom is -0.462 e. The molecular weight excluding hydrogens is 520 g/mol. The van der Waals surface area contributed by atoms with Gasteiger partial charge in [0, 0.05) is 33.8 Å². The standard InChI is InChI=1S/C33H60N2O6/c1-23(36)40-28(14-10-5-4-7-11-25-12-8-6-9-13-25)21-29(41-24(2)37)16-15-26-19-32(39-3)31(38)22-30(26)27-17-18-35-33(34)20-27/h25-33,35,38H,4-22,34H2,1-3H3/p+1. The molecule has 0 aromatic carbocycles. The topological polar surface area (TPSA) is 125 Å². The highest BCUT2D eigenvalue weighted by Crippen LogP contribution is 2.42. The van der Waals surface area contributed by atoms with Crippen molar-refractivity contribution in [1.82, 2.24) is 0 Å². The molecule has 8 nitrogen and oxygen atoms in total. The molecule has 41 heavy (non-hydrogen) atoms. The normalized spacial score (nSPS) is 30.9. The first-order chi connectivity index (χ1) is 19.7. The van der Waals surface area contributed by atoms with Gasteiger partial charge in [-0.3, -0.25) is 15.3 Å². The number of hydrogen-bond donors (Lipinski definition) is 3. The number of esters is 2. The van der Waals surface area contributed by atoms with Gasteiger partial charge in [0.1, 0.15) is 18.4 Å². The molecule has 1 heterocycles. The Morgan fingerprint density at radius 1 is 0.878 bits per heavy atom. The van der Waals surface area contributed by atoms with Crippen molar-refractivity contribution < 1.29 is 34.2 Å². The Kier molecular flexibility index (Phi) is 15.4. The molecule has 0 aromatic rings. The average Bonchev–Trinajstić information content (AvgIpc) is 2.93. The minimum absolute atomic E-state index is 0.122. The zero-order valence-corrected chi connectivity index (χ0v) is 26.3. The maximum atomic E-state index is 12.1. The lowest BCUT2D eigenvalue weighted by atomic mass is 9.66. The van der Waals surface area contributed by atoms with Crippen LogP contribution in [-0.2, 0) is 23.8 Å². The fraction of sp³-hybridized carbons (Fsp3) is 0.939. The molecule has 0 bridgehead atoms. The van der Waals surface area contributed by atoms with Gasteiger partial charge in [0.05, 0.1) is 18.8 Å². The number of carbonyl (C=O) groups is 2. The first kappa shape index (κ1) is 34.3. The number of quaternary nitrogens is 1. The molecule has 8 heteroatoms. The molecule has 0 aromatic heterocycles. The van der Waals surface area contributed by atoms with Gasteiger partial charge in [-0.05, 0) is 68.6 Å². The summed E-state index contributed by atoms with van der Waals surface area (Å²) in [5, 5.41) is 13.0. The van der Waals surface area contributed by atoms with Gasteiger partial charge in [-0.2, -0.15) is 0 Å². The smallest absolute Gasteiger partial charge is 0.302 e. The van der Waals surface area contributed by atoms with Crippen LogP contribution in [-0.4, -0.2) is 61.3 Å². The van der Waals surface area contributed by atoms with Crippen LogP contribution in [0.3, 0.4) is 0 Å². The quantitative estimate of drug-likeness (QED) is 0.180. The molecule has 2 saturated carbocycles. The van der Waals surface area contributed by atoms with Crippen molar-refractivity contribution in [2.45, 2.75) is 160 Å². The summed E-state index contributed by atoms with van der Waals surface area (Å²) in [5.74, 6) is 1.61. The third-order valence-electron chi connectivity index (χ3n) is 10.2. The lowest BCUT2D eigenvalue weighted by molar-refractivity contribution is -0.699. The van der Waals surface area contributed by atoms with Crippen LogP contribution in [0.1, 0.15) is 129 Å². The molecule has 0 spiro atoms. The van der Waals surface area contributed by atoms with Crippen molar-refractivity contribution in [3.05, 3.63) is 0 Å². The number of carbonyl (C=O) groups excluding carboxylic acids is 2. The summed E-state index contributed by atoms with van der Waals surface area (Å²) >= 11 is 0. The predicted molar refractivity (Wildman–Crippen MR) is 160 cm³/mol. The Bertz CT molecular complexity index is 760. The van der Waals surface area contributed by atoms with E-state index in [1.54, 1.807) is 7.11 Å². The van der Waals surface area contributed by atoms with Crippen molar-refractivity contribution >= 4 is 11.9 Å². The van der Waals surface area contributed by atoms with Crippen LogP contribution in [0.2, 0.25) is 0 Å². The molecule has 8 atom stereocenters. The van der Waals surface area contributed by atoms with E-state index < -0.39 is 6.10 Å². The first-order valence-corrected chi connectivity index (χ1v) is 16.9. The van der Waals surface area contributed by atoms with Crippen molar-refractivity contribution in [2.24, 2.45) is 29.4 Å². The van der Waals surface area contributed by atoms with Gasteiger partial charge in [0.25, 0.3) is 0 Å².